The number of amides is 1. The zero-order valence-electron chi connectivity index (χ0n) is 9.99. The molecule has 19 heavy (non-hydrogen) atoms. The highest BCUT2D eigenvalue weighted by molar-refractivity contribution is 6.35. The quantitative estimate of drug-likeness (QED) is 0.847. The summed E-state index contributed by atoms with van der Waals surface area (Å²) in [7, 11) is 0. The van der Waals surface area contributed by atoms with E-state index in [1.165, 1.54) is 0 Å². The van der Waals surface area contributed by atoms with Crippen LogP contribution < -0.4 is 11.1 Å². The normalized spacial score (nSPS) is 10.2. The molecule has 0 saturated heterocycles. The monoisotopic (exact) mass is 294 g/mol. The van der Waals surface area contributed by atoms with E-state index in [1.54, 1.807) is 30.3 Å². The molecule has 5 heteroatoms. The van der Waals surface area contributed by atoms with E-state index in [0.717, 1.165) is 5.56 Å². The summed E-state index contributed by atoms with van der Waals surface area (Å²) in [6, 6.07) is 12.1. The summed E-state index contributed by atoms with van der Waals surface area (Å²) in [5.74, 6) is -0.172. The van der Waals surface area contributed by atoms with Crippen molar-refractivity contribution < 1.29 is 4.79 Å². The lowest BCUT2D eigenvalue weighted by Gasteiger charge is -2.08. The summed E-state index contributed by atoms with van der Waals surface area (Å²) in [6.07, 6.45) is 0.230. The average Bonchev–Trinajstić information content (AvgIpc) is 2.34. The molecular weight excluding hydrogens is 283 g/mol. The van der Waals surface area contributed by atoms with Crippen molar-refractivity contribution in [1.82, 2.24) is 0 Å². The third kappa shape index (κ3) is 3.88. The van der Waals surface area contributed by atoms with Gasteiger partial charge in [-0.1, -0.05) is 35.3 Å². The van der Waals surface area contributed by atoms with Gasteiger partial charge in [-0.25, -0.2) is 0 Å². The Kier molecular flexibility index (Phi) is 4.30. The van der Waals surface area contributed by atoms with E-state index in [-0.39, 0.29) is 12.3 Å². The number of carbonyl (C=O) groups excluding carboxylic acids is 1. The molecule has 2 aromatic rings. The van der Waals surface area contributed by atoms with Crippen LogP contribution in [0.3, 0.4) is 0 Å². The first-order chi connectivity index (χ1) is 9.04. The van der Waals surface area contributed by atoms with Gasteiger partial charge in [0, 0.05) is 10.7 Å². The van der Waals surface area contributed by atoms with E-state index < -0.39 is 0 Å². The van der Waals surface area contributed by atoms with E-state index in [2.05, 4.69) is 5.32 Å². The SMILES string of the molecule is Nc1cccc(CC(=O)Nc2cc(Cl)ccc2Cl)c1. The number of rotatable bonds is 3. The molecule has 0 heterocycles. The lowest BCUT2D eigenvalue weighted by Crippen LogP contribution is -2.14. The second kappa shape index (κ2) is 5.95. The molecule has 3 nitrogen and oxygen atoms in total. The van der Waals surface area contributed by atoms with Crippen LogP contribution in [0.4, 0.5) is 11.4 Å². The lowest BCUT2D eigenvalue weighted by atomic mass is 10.1. The van der Waals surface area contributed by atoms with Gasteiger partial charge in [0.1, 0.15) is 0 Å². The first kappa shape index (κ1) is 13.7. The molecule has 0 aliphatic heterocycles. The summed E-state index contributed by atoms with van der Waals surface area (Å²) < 4.78 is 0. The highest BCUT2D eigenvalue weighted by Crippen LogP contribution is 2.25. The van der Waals surface area contributed by atoms with Crippen LogP contribution in [0.5, 0.6) is 0 Å². The predicted molar refractivity (Wildman–Crippen MR) is 79.7 cm³/mol. The Morgan fingerprint density at radius 1 is 1.16 bits per heavy atom. The fourth-order valence-electron chi connectivity index (χ4n) is 1.68. The maximum Gasteiger partial charge on any atom is 0.228 e. The number of nitrogens with one attached hydrogen (secondary N) is 1. The number of hydrogen-bond donors (Lipinski definition) is 2. The maximum absolute atomic E-state index is 11.9. The Hall–Kier alpha value is -1.71. The van der Waals surface area contributed by atoms with E-state index in [1.807, 2.05) is 12.1 Å². The second-order valence-electron chi connectivity index (χ2n) is 4.09. The van der Waals surface area contributed by atoms with E-state index in [0.29, 0.717) is 21.4 Å². The van der Waals surface area contributed by atoms with Crippen LogP contribution in [-0.4, -0.2) is 5.91 Å². The van der Waals surface area contributed by atoms with E-state index >= 15 is 0 Å². The zero-order valence-corrected chi connectivity index (χ0v) is 11.5. The number of carbonyl (C=O) groups is 1. The van der Waals surface area contributed by atoms with E-state index in [9.17, 15) is 4.79 Å². The highest BCUT2D eigenvalue weighted by atomic mass is 35.5. The van der Waals surface area contributed by atoms with Gasteiger partial charge in [0.2, 0.25) is 5.91 Å². The van der Waals surface area contributed by atoms with Gasteiger partial charge in [-0.15, -0.1) is 0 Å². The molecule has 0 spiro atoms. The van der Waals surface area contributed by atoms with Gasteiger partial charge in [-0.2, -0.15) is 0 Å². The standard InChI is InChI=1S/C14H12Cl2N2O/c15-10-4-5-12(16)13(8-10)18-14(19)7-9-2-1-3-11(17)6-9/h1-6,8H,7,17H2,(H,18,19). The van der Waals surface area contributed by atoms with Gasteiger partial charge in [-0.3, -0.25) is 4.79 Å². The molecule has 0 aromatic heterocycles. The summed E-state index contributed by atoms with van der Waals surface area (Å²) in [5, 5.41) is 3.69. The van der Waals surface area contributed by atoms with Crippen LogP contribution in [0.1, 0.15) is 5.56 Å². The molecule has 2 rings (SSSR count). The maximum atomic E-state index is 11.9. The second-order valence-corrected chi connectivity index (χ2v) is 4.94. The molecule has 0 aliphatic carbocycles. The molecule has 0 atom stereocenters. The number of benzene rings is 2. The third-order valence-corrected chi connectivity index (χ3v) is 3.08. The van der Waals surface area contributed by atoms with Crippen LogP contribution in [-0.2, 0) is 11.2 Å². The number of anilines is 2. The van der Waals surface area contributed by atoms with Gasteiger partial charge in [-0.05, 0) is 35.9 Å². The number of nitrogen functional groups attached to an aromatic ring is 1. The fourth-order valence-corrected chi connectivity index (χ4v) is 2.01. The molecule has 1 amide bonds. The Bertz CT molecular complexity index is 614. The minimum absolute atomic E-state index is 0.172. The predicted octanol–water partition coefficient (Wildman–Crippen LogP) is 3.76. The van der Waals surface area contributed by atoms with Crippen LogP contribution in [0.25, 0.3) is 0 Å². The van der Waals surface area contributed by atoms with Gasteiger partial charge in [0.25, 0.3) is 0 Å². The Labute approximate surface area is 121 Å². The molecule has 0 bridgehead atoms. The number of nitrogens with two attached hydrogens (primary N) is 1. The van der Waals surface area contributed by atoms with Crippen molar-refractivity contribution >= 4 is 40.5 Å². The van der Waals surface area contributed by atoms with Gasteiger partial charge < -0.3 is 11.1 Å². The summed E-state index contributed by atoms with van der Waals surface area (Å²) in [5.41, 5.74) is 7.64. The van der Waals surface area contributed by atoms with Crippen molar-refractivity contribution in [1.29, 1.82) is 0 Å². The Balaban J connectivity index is 2.07. The van der Waals surface area contributed by atoms with E-state index in [4.69, 9.17) is 28.9 Å². The minimum Gasteiger partial charge on any atom is -0.399 e. The first-order valence-electron chi connectivity index (χ1n) is 5.64. The van der Waals surface area contributed by atoms with Crippen molar-refractivity contribution in [3.63, 3.8) is 0 Å². The summed E-state index contributed by atoms with van der Waals surface area (Å²) in [6.45, 7) is 0. The smallest absolute Gasteiger partial charge is 0.228 e. The van der Waals surface area contributed by atoms with Crippen LogP contribution in [0.2, 0.25) is 10.0 Å². The highest BCUT2D eigenvalue weighted by Gasteiger charge is 2.07. The minimum atomic E-state index is -0.172. The fraction of sp³-hybridized carbons (Fsp3) is 0.0714. The zero-order chi connectivity index (χ0) is 13.8. The molecule has 0 fully saturated rings. The van der Waals surface area contributed by atoms with Crippen LogP contribution >= 0.6 is 23.2 Å². The van der Waals surface area contributed by atoms with Crippen molar-refractivity contribution in [3.8, 4) is 0 Å². The molecule has 3 N–H and O–H groups in total. The van der Waals surface area contributed by atoms with Crippen LogP contribution in [0.15, 0.2) is 42.5 Å². The summed E-state index contributed by atoms with van der Waals surface area (Å²) >= 11 is 11.8. The van der Waals surface area contributed by atoms with Gasteiger partial charge >= 0.3 is 0 Å². The number of hydrogen-bond acceptors (Lipinski definition) is 2. The van der Waals surface area contributed by atoms with Crippen molar-refractivity contribution in [2.45, 2.75) is 6.42 Å². The topological polar surface area (TPSA) is 55.1 Å². The molecule has 0 unspecified atom stereocenters. The van der Waals surface area contributed by atoms with Gasteiger partial charge in [0.05, 0.1) is 17.1 Å². The lowest BCUT2D eigenvalue weighted by molar-refractivity contribution is -0.115. The molecule has 0 aliphatic rings. The van der Waals surface area contributed by atoms with Gasteiger partial charge in [0.15, 0.2) is 0 Å². The molecule has 0 saturated carbocycles. The molecule has 0 radical (unpaired) electrons. The average molecular weight is 295 g/mol. The van der Waals surface area contributed by atoms with Crippen molar-refractivity contribution in [2.75, 3.05) is 11.1 Å². The van der Waals surface area contributed by atoms with Crippen molar-refractivity contribution in [3.05, 3.63) is 58.1 Å². The molecular formula is C14H12Cl2N2O. The summed E-state index contributed by atoms with van der Waals surface area (Å²) in [4.78, 5) is 11.9. The third-order valence-electron chi connectivity index (χ3n) is 2.52. The Morgan fingerprint density at radius 3 is 2.68 bits per heavy atom. The Morgan fingerprint density at radius 2 is 1.95 bits per heavy atom. The molecule has 2 aromatic carbocycles. The largest absolute Gasteiger partial charge is 0.399 e. The number of halogens is 2. The first-order valence-corrected chi connectivity index (χ1v) is 6.39. The van der Waals surface area contributed by atoms with Crippen molar-refractivity contribution in [2.24, 2.45) is 0 Å². The van der Waals surface area contributed by atoms with Crippen LogP contribution in [0, 0.1) is 0 Å². The molecule has 98 valence electrons.